The summed E-state index contributed by atoms with van der Waals surface area (Å²) < 4.78 is 5.09. The second kappa shape index (κ2) is 9.51. The van der Waals surface area contributed by atoms with Gasteiger partial charge in [0.1, 0.15) is 0 Å². The van der Waals surface area contributed by atoms with Crippen molar-refractivity contribution in [2.75, 3.05) is 7.11 Å². The van der Waals surface area contributed by atoms with Crippen LogP contribution in [0.15, 0.2) is 84.9 Å². The van der Waals surface area contributed by atoms with E-state index in [1.54, 1.807) is 42.5 Å². The summed E-state index contributed by atoms with van der Waals surface area (Å²) in [5.74, 6) is -0.935. The summed E-state index contributed by atoms with van der Waals surface area (Å²) in [4.78, 5) is 26.0. The number of phenolic OH excluding ortho intramolecular Hbond substituents is 1. The van der Waals surface area contributed by atoms with Crippen LogP contribution in [0.25, 0.3) is 6.08 Å². The number of carbonyl (C=O) groups is 2. The third kappa shape index (κ3) is 5.20. The van der Waals surface area contributed by atoms with Crippen LogP contribution < -0.4 is 4.74 Å². The van der Waals surface area contributed by atoms with Crippen LogP contribution in [-0.4, -0.2) is 23.8 Å². The van der Waals surface area contributed by atoms with Gasteiger partial charge in [-0.15, -0.1) is 0 Å². The minimum absolute atomic E-state index is 0.0252. The number of ether oxygens (including phenoxy) is 1. The number of hydrogen-bond donors (Lipinski definition) is 1. The molecular formula is C25H22O4. The molecule has 0 radical (unpaired) electrons. The number of hydrogen-bond acceptors (Lipinski definition) is 4. The van der Waals surface area contributed by atoms with E-state index in [1.165, 1.54) is 19.3 Å². The predicted octanol–water partition coefficient (Wildman–Crippen LogP) is 4.72. The van der Waals surface area contributed by atoms with E-state index in [4.69, 9.17) is 4.74 Å². The van der Waals surface area contributed by atoms with Crippen molar-refractivity contribution in [1.29, 1.82) is 0 Å². The number of carbonyl (C=O) groups excluding carboxylic acids is 2. The van der Waals surface area contributed by atoms with Crippen LogP contribution in [0, 0.1) is 5.92 Å². The summed E-state index contributed by atoms with van der Waals surface area (Å²) in [6, 6.07) is 23.2. The fourth-order valence-corrected chi connectivity index (χ4v) is 3.07. The van der Waals surface area contributed by atoms with Gasteiger partial charge in [-0.1, -0.05) is 72.8 Å². The van der Waals surface area contributed by atoms with Crippen molar-refractivity contribution in [3.05, 3.63) is 102 Å². The van der Waals surface area contributed by atoms with Gasteiger partial charge in [-0.2, -0.15) is 0 Å². The molecule has 0 aliphatic rings. The van der Waals surface area contributed by atoms with Crippen molar-refractivity contribution in [3.8, 4) is 11.5 Å². The summed E-state index contributed by atoms with van der Waals surface area (Å²) in [6.45, 7) is 0. The molecule has 4 heteroatoms. The first-order valence-electron chi connectivity index (χ1n) is 9.30. The summed E-state index contributed by atoms with van der Waals surface area (Å²) in [7, 11) is 1.46. The molecule has 3 rings (SSSR count). The number of aromatic hydroxyl groups is 1. The molecule has 0 fully saturated rings. The molecule has 146 valence electrons. The summed E-state index contributed by atoms with van der Waals surface area (Å²) in [5, 5.41) is 9.70. The molecule has 0 amide bonds. The summed E-state index contributed by atoms with van der Waals surface area (Å²) >= 11 is 0. The maximum atomic E-state index is 13.0. The van der Waals surface area contributed by atoms with E-state index in [-0.39, 0.29) is 17.3 Å². The van der Waals surface area contributed by atoms with Crippen LogP contribution in [0.4, 0.5) is 0 Å². The lowest BCUT2D eigenvalue weighted by Crippen LogP contribution is -2.25. The Hall–Kier alpha value is -3.66. The van der Waals surface area contributed by atoms with Gasteiger partial charge in [0.25, 0.3) is 0 Å². The Morgan fingerprint density at radius 3 is 2.28 bits per heavy atom. The quantitative estimate of drug-likeness (QED) is 0.345. The second-order valence-corrected chi connectivity index (χ2v) is 6.64. The predicted molar refractivity (Wildman–Crippen MR) is 113 cm³/mol. The first-order chi connectivity index (χ1) is 14.1. The van der Waals surface area contributed by atoms with E-state index in [0.717, 1.165) is 5.56 Å². The molecule has 3 aromatic rings. The molecule has 0 aliphatic heterocycles. The maximum Gasteiger partial charge on any atom is 0.174 e. The number of rotatable bonds is 8. The second-order valence-electron chi connectivity index (χ2n) is 6.64. The molecule has 0 aliphatic carbocycles. The van der Waals surface area contributed by atoms with Crippen LogP contribution in [0.2, 0.25) is 0 Å². The fourth-order valence-electron chi connectivity index (χ4n) is 3.07. The van der Waals surface area contributed by atoms with Crippen molar-refractivity contribution < 1.29 is 19.4 Å². The lowest BCUT2D eigenvalue weighted by Gasteiger charge is -2.13. The van der Waals surface area contributed by atoms with Crippen LogP contribution in [0.1, 0.15) is 21.5 Å². The molecule has 1 atom stereocenters. The van der Waals surface area contributed by atoms with Crippen molar-refractivity contribution in [2.24, 2.45) is 5.92 Å². The van der Waals surface area contributed by atoms with Gasteiger partial charge in [0.2, 0.25) is 0 Å². The monoisotopic (exact) mass is 386 g/mol. The molecule has 0 spiro atoms. The number of methoxy groups -OCH3 is 1. The van der Waals surface area contributed by atoms with Crippen LogP contribution in [0.3, 0.4) is 0 Å². The standard InChI is InChI=1S/C25H22O4/c1-29-24-17-19(13-15-23(24)27)12-14-22(26)21(16-18-8-4-2-5-9-18)25(28)20-10-6-3-7-11-20/h2-15,17,21,27H,16H2,1H3/b14-12+. The maximum absolute atomic E-state index is 13.0. The highest BCUT2D eigenvalue weighted by Crippen LogP contribution is 2.27. The molecule has 4 nitrogen and oxygen atoms in total. The van der Waals surface area contributed by atoms with Gasteiger partial charge in [-0.05, 0) is 35.8 Å². The average Bonchev–Trinajstić information content (AvgIpc) is 2.77. The molecule has 29 heavy (non-hydrogen) atoms. The number of allylic oxidation sites excluding steroid dienone is 1. The van der Waals surface area contributed by atoms with Gasteiger partial charge in [0.15, 0.2) is 23.1 Å². The van der Waals surface area contributed by atoms with Gasteiger partial charge in [0.05, 0.1) is 13.0 Å². The van der Waals surface area contributed by atoms with Crippen LogP contribution in [-0.2, 0) is 11.2 Å². The Kier molecular flexibility index (Phi) is 6.59. The molecule has 0 saturated carbocycles. The third-order valence-corrected chi connectivity index (χ3v) is 4.64. The topological polar surface area (TPSA) is 63.6 Å². The molecule has 0 heterocycles. The molecule has 1 unspecified atom stereocenters. The van der Waals surface area contributed by atoms with Crippen molar-refractivity contribution in [2.45, 2.75) is 6.42 Å². The van der Waals surface area contributed by atoms with Crippen molar-refractivity contribution in [3.63, 3.8) is 0 Å². The first-order valence-corrected chi connectivity index (χ1v) is 9.30. The number of ketones is 2. The van der Waals surface area contributed by atoms with Crippen molar-refractivity contribution >= 4 is 17.6 Å². The van der Waals surface area contributed by atoms with Crippen molar-refractivity contribution in [1.82, 2.24) is 0 Å². The Morgan fingerprint density at radius 1 is 0.966 bits per heavy atom. The SMILES string of the molecule is COc1cc(/C=C/C(=O)C(Cc2ccccc2)C(=O)c2ccccc2)ccc1O. The van der Waals surface area contributed by atoms with Crippen LogP contribution in [0.5, 0.6) is 11.5 Å². The summed E-state index contributed by atoms with van der Waals surface area (Å²) in [6.07, 6.45) is 3.37. The highest BCUT2D eigenvalue weighted by molar-refractivity contribution is 6.15. The number of Topliss-reactive ketones (excluding diaryl/α,β-unsaturated/α-hetero) is 1. The largest absolute Gasteiger partial charge is 0.504 e. The van der Waals surface area contributed by atoms with Crippen LogP contribution >= 0.6 is 0 Å². The van der Waals surface area contributed by atoms with E-state index in [1.807, 2.05) is 36.4 Å². The molecule has 1 N–H and O–H groups in total. The zero-order chi connectivity index (χ0) is 20.6. The summed E-state index contributed by atoms with van der Waals surface area (Å²) in [5.41, 5.74) is 2.13. The smallest absolute Gasteiger partial charge is 0.174 e. The van der Waals surface area contributed by atoms with Gasteiger partial charge in [-0.3, -0.25) is 9.59 Å². The Morgan fingerprint density at radius 2 is 1.62 bits per heavy atom. The first kappa shape index (κ1) is 20.1. The Labute approximate surface area is 170 Å². The minimum Gasteiger partial charge on any atom is -0.504 e. The lowest BCUT2D eigenvalue weighted by molar-refractivity contribution is -0.116. The molecule has 0 saturated heterocycles. The minimum atomic E-state index is -0.810. The lowest BCUT2D eigenvalue weighted by atomic mass is 9.87. The number of benzene rings is 3. The normalized spacial score (nSPS) is 11.9. The van der Waals surface area contributed by atoms with E-state index >= 15 is 0 Å². The molecule has 0 bridgehead atoms. The molecule has 3 aromatic carbocycles. The van der Waals surface area contributed by atoms with E-state index in [9.17, 15) is 14.7 Å². The Balaban J connectivity index is 1.86. The zero-order valence-corrected chi connectivity index (χ0v) is 16.1. The highest BCUT2D eigenvalue weighted by atomic mass is 16.5. The van der Waals surface area contributed by atoms with E-state index in [0.29, 0.717) is 23.3 Å². The van der Waals surface area contributed by atoms with E-state index < -0.39 is 5.92 Å². The van der Waals surface area contributed by atoms with Gasteiger partial charge < -0.3 is 9.84 Å². The van der Waals surface area contributed by atoms with Gasteiger partial charge >= 0.3 is 0 Å². The molecular weight excluding hydrogens is 364 g/mol. The third-order valence-electron chi connectivity index (χ3n) is 4.64. The fraction of sp³-hybridized carbons (Fsp3) is 0.120. The Bertz CT molecular complexity index is 1010. The zero-order valence-electron chi connectivity index (χ0n) is 16.1. The number of phenols is 1. The average molecular weight is 386 g/mol. The van der Waals surface area contributed by atoms with E-state index in [2.05, 4.69) is 0 Å². The van der Waals surface area contributed by atoms with Gasteiger partial charge in [0, 0.05) is 5.56 Å². The van der Waals surface area contributed by atoms with Gasteiger partial charge in [-0.25, -0.2) is 0 Å². The molecule has 0 aromatic heterocycles. The highest BCUT2D eigenvalue weighted by Gasteiger charge is 2.26.